The van der Waals surface area contributed by atoms with Crippen LogP contribution >= 0.6 is 0 Å². The number of hydrogen-bond acceptors (Lipinski definition) is 4. The van der Waals surface area contributed by atoms with Crippen molar-refractivity contribution < 1.29 is 14.3 Å². The molecule has 2 bridgehead atoms. The minimum atomic E-state index is -0.186. The fourth-order valence-corrected chi connectivity index (χ4v) is 5.79. The van der Waals surface area contributed by atoms with E-state index in [1.54, 1.807) is 4.90 Å². The van der Waals surface area contributed by atoms with E-state index in [0.29, 0.717) is 18.9 Å². The summed E-state index contributed by atoms with van der Waals surface area (Å²) in [7, 11) is 1.87. The highest BCUT2D eigenvalue weighted by Crippen LogP contribution is 2.41. The zero-order chi connectivity index (χ0) is 20.0. The van der Waals surface area contributed by atoms with E-state index in [4.69, 9.17) is 4.74 Å². The summed E-state index contributed by atoms with van der Waals surface area (Å²) >= 11 is 0. The number of fused-ring (bicyclic) bond motifs is 4. The molecule has 5 aliphatic heterocycles. The molecular weight excluding hydrogens is 366 g/mol. The molecule has 1 aromatic carbocycles. The molecule has 0 aromatic heterocycles. The zero-order valence-corrected chi connectivity index (χ0v) is 17.3. The summed E-state index contributed by atoms with van der Waals surface area (Å²) in [4.78, 5) is 31.9. The highest BCUT2D eigenvalue weighted by atomic mass is 16.6. The van der Waals surface area contributed by atoms with Gasteiger partial charge in [0.1, 0.15) is 6.10 Å². The molecule has 0 aliphatic carbocycles. The fourth-order valence-electron chi connectivity index (χ4n) is 5.79. The van der Waals surface area contributed by atoms with Gasteiger partial charge in [-0.2, -0.15) is 0 Å². The summed E-state index contributed by atoms with van der Waals surface area (Å²) in [5.74, 6) is 0.832. The summed E-state index contributed by atoms with van der Waals surface area (Å²) < 4.78 is 6.10. The van der Waals surface area contributed by atoms with Gasteiger partial charge in [-0.1, -0.05) is 24.3 Å². The van der Waals surface area contributed by atoms with E-state index in [1.165, 1.54) is 11.1 Å². The van der Waals surface area contributed by atoms with Crippen LogP contribution in [0.1, 0.15) is 42.9 Å². The summed E-state index contributed by atoms with van der Waals surface area (Å²) in [5, 5.41) is 0. The van der Waals surface area contributed by atoms with E-state index in [2.05, 4.69) is 23.1 Å². The molecule has 0 spiro atoms. The maximum absolute atomic E-state index is 13.3. The minimum Gasteiger partial charge on any atom is -0.444 e. The lowest BCUT2D eigenvalue weighted by Crippen LogP contribution is -2.54. The minimum absolute atomic E-state index is 0.0157. The number of carbonyl (C=O) groups excluding carboxylic acids is 2. The average Bonchev–Trinajstić information content (AvgIpc) is 2.76. The number of likely N-dealkylation sites (tertiary alicyclic amines) is 1. The number of piperidine rings is 4. The summed E-state index contributed by atoms with van der Waals surface area (Å²) in [6, 6.07) is 8.35. The Labute approximate surface area is 172 Å². The third-order valence-electron chi connectivity index (χ3n) is 7.56. The van der Waals surface area contributed by atoms with Crippen LogP contribution < -0.4 is 0 Å². The molecule has 5 heterocycles. The lowest BCUT2D eigenvalue weighted by Gasteiger charge is -2.46. The lowest BCUT2D eigenvalue weighted by atomic mass is 9.80. The molecule has 156 valence electrons. The summed E-state index contributed by atoms with van der Waals surface area (Å²) in [6.45, 7) is 4.57. The molecule has 1 aromatic rings. The molecule has 4 saturated heterocycles. The van der Waals surface area contributed by atoms with Crippen molar-refractivity contribution in [2.75, 3.05) is 39.8 Å². The zero-order valence-electron chi connectivity index (χ0n) is 17.3. The van der Waals surface area contributed by atoms with Crippen LogP contribution in [0.15, 0.2) is 24.3 Å². The van der Waals surface area contributed by atoms with Crippen molar-refractivity contribution in [3.63, 3.8) is 0 Å². The quantitative estimate of drug-likeness (QED) is 0.770. The third-order valence-corrected chi connectivity index (χ3v) is 7.56. The predicted octanol–water partition coefficient (Wildman–Crippen LogP) is 2.69. The van der Waals surface area contributed by atoms with Crippen molar-refractivity contribution in [3.05, 3.63) is 35.4 Å². The Kier molecular flexibility index (Phi) is 4.98. The first-order valence-electron chi connectivity index (χ1n) is 11.1. The Hall–Kier alpha value is -2.08. The van der Waals surface area contributed by atoms with E-state index in [0.717, 1.165) is 51.9 Å². The number of carbonyl (C=O) groups is 2. The van der Waals surface area contributed by atoms with E-state index in [-0.39, 0.29) is 30.1 Å². The lowest BCUT2D eigenvalue weighted by molar-refractivity contribution is -0.134. The van der Waals surface area contributed by atoms with Crippen LogP contribution in [-0.2, 0) is 16.0 Å². The van der Waals surface area contributed by atoms with Gasteiger partial charge in [0.25, 0.3) is 0 Å². The molecule has 5 aliphatic rings. The van der Waals surface area contributed by atoms with Crippen molar-refractivity contribution >= 4 is 12.0 Å². The van der Waals surface area contributed by atoms with Gasteiger partial charge in [-0.3, -0.25) is 9.69 Å². The number of nitrogens with zero attached hydrogens (tertiary/aromatic N) is 3. The van der Waals surface area contributed by atoms with Gasteiger partial charge in [0.05, 0.1) is 6.04 Å². The van der Waals surface area contributed by atoms with Crippen LogP contribution in [0.2, 0.25) is 0 Å². The second-order valence-corrected chi connectivity index (χ2v) is 9.22. The highest BCUT2D eigenvalue weighted by molar-refractivity contribution is 5.77. The van der Waals surface area contributed by atoms with E-state index in [1.807, 2.05) is 18.0 Å². The van der Waals surface area contributed by atoms with Crippen molar-refractivity contribution in [2.45, 2.75) is 44.2 Å². The number of ether oxygens (including phenoxy) is 1. The van der Waals surface area contributed by atoms with Gasteiger partial charge < -0.3 is 14.5 Å². The number of rotatable bonds is 2. The van der Waals surface area contributed by atoms with Gasteiger partial charge in [-0.05, 0) is 61.7 Å². The van der Waals surface area contributed by atoms with Crippen LogP contribution in [-0.4, -0.2) is 72.6 Å². The van der Waals surface area contributed by atoms with Crippen LogP contribution in [0.4, 0.5) is 4.79 Å². The van der Waals surface area contributed by atoms with Gasteiger partial charge in [0, 0.05) is 33.1 Å². The first-order valence-corrected chi connectivity index (χ1v) is 11.1. The molecule has 0 N–H and O–H groups in total. The van der Waals surface area contributed by atoms with E-state index in [9.17, 15) is 9.59 Å². The third kappa shape index (κ3) is 3.52. The second-order valence-electron chi connectivity index (χ2n) is 9.22. The predicted molar refractivity (Wildman–Crippen MR) is 109 cm³/mol. The molecule has 3 atom stereocenters. The van der Waals surface area contributed by atoms with Gasteiger partial charge >= 0.3 is 6.09 Å². The van der Waals surface area contributed by atoms with Crippen LogP contribution in [0.25, 0.3) is 0 Å². The molecule has 1 unspecified atom stereocenters. The van der Waals surface area contributed by atoms with Gasteiger partial charge in [0.2, 0.25) is 5.91 Å². The SMILES string of the molecule is CN1CCC([C@H]2c3ccccc3CCN2C(=O)O[C@@H]2CN3CCC2CC3)CC1=O. The molecule has 0 saturated carbocycles. The molecule has 4 fully saturated rings. The van der Waals surface area contributed by atoms with Crippen LogP contribution in [0, 0.1) is 11.8 Å². The first-order chi connectivity index (χ1) is 14.1. The second kappa shape index (κ2) is 7.63. The monoisotopic (exact) mass is 397 g/mol. The van der Waals surface area contributed by atoms with Crippen LogP contribution in [0.5, 0.6) is 0 Å². The number of amides is 2. The maximum atomic E-state index is 13.3. The Morgan fingerprint density at radius 2 is 1.79 bits per heavy atom. The van der Waals surface area contributed by atoms with Gasteiger partial charge in [-0.25, -0.2) is 4.79 Å². The Balaban J connectivity index is 1.38. The fraction of sp³-hybridized carbons (Fsp3) is 0.652. The normalized spacial score (nSPS) is 34.1. The Morgan fingerprint density at radius 3 is 2.52 bits per heavy atom. The topological polar surface area (TPSA) is 53.1 Å². The summed E-state index contributed by atoms with van der Waals surface area (Å²) in [6.07, 6.45) is 4.37. The van der Waals surface area contributed by atoms with Crippen molar-refractivity contribution in [2.24, 2.45) is 11.8 Å². The molecular formula is C23H31N3O3. The van der Waals surface area contributed by atoms with E-state index < -0.39 is 0 Å². The standard InChI is InChI=1S/C23H31N3O3/c1-24-10-6-18(14-21(24)27)22-19-5-3-2-4-16(19)9-13-26(22)23(28)29-20-15-25-11-7-17(20)8-12-25/h2-5,17-18,20,22H,6-15H2,1H3/t18?,20-,22+/m1/s1. The highest BCUT2D eigenvalue weighted by Gasteiger charge is 2.42. The summed E-state index contributed by atoms with van der Waals surface area (Å²) in [5.41, 5.74) is 2.50. The van der Waals surface area contributed by atoms with Crippen molar-refractivity contribution in [1.82, 2.24) is 14.7 Å². The van der Waals surface area contributed by atoms with Crippen molar-refractivity contribution in [1.29, 1.82) is 0 Å². The van der Waals surface area contributed by atoms with Crippen LogP contribution in [0.3, 0.4) is 0 Å². The molecule has 6 rings (SSSR count). The Bertz CT molecular complexity index is 789. The van der Waals surface area contributed by atoms with Gasteiger partial charge in [0.15, 0.2) is 0 Å². The molecule has 2 amide bonds. The van der Waals surface area contributed by atoms with E-state index >= 15 is 0 Å². The molecule has 6 nitrogen and oxygen atoms in total. The first kappa shape index (κ1) is 18.9. The number of hydrogen-bond donors (Lipinski definition) is 0. The Morgan fingerprint density at radius 1 is 1.03 bits per heavy atom. The largest absolute Gasteiger partial charge is 0.444 e. The van der Waals surface area contributed by atoms with Crippen molar-refractivity contribution in [3.8, 4) is 0 Å². The molecule has 6 heteroatoms. The smallest absolute Gasteiger partial charge is 0.410 e. The maximum Gasteiger partial charge on any atom is 0.410 e. The van der Waals surface area contributed by atoms with Gasteiger partial charge in [-0.15, -0.1) is 0 Å². The molecule has 0 radical (unpaired) electrons. The molecule has 29 heavy (non-hydrogen) atoms. The number of benzene rings is 1. The average molecular weight is 398 g/mol.